The molecule has 21 heavy (non-hydrogen) atoms. The number of anilines is 1. The molecule has 6 heteroatoms. The zero-order valence-corrected chi connectivity index (χ0v) is 12.7. The van der Waals surface area contributed by atoms with Crippen LogP contribution in [-0.4, -0.2) is 12.1 Å². The zero-order valence-electron chi connectivity index (χ0n) is 11.9. The summed E-state index contributed by atoms with van der Waals surface area (Å²) in [4.78, 5) is 4.11. The van der Waals surface area contributed by atoms with Gasteiger partial charge in [-0.3, -0.25) is 4.98 Å². The maximum absolute atomic E-state index is 14.1. The number of nitrogens with one attached hydrogen (secondary N) is 1. The highest BCUT2D eigenvalue weighted by Crippen LogP contribution is 2.31. The average Bonchev–Trinajstić information content (AvgIpc) is 2.44. The van der Waals surface area contributed by atoms with Crippen molar-refractivity contribution >= 4 is 17.3 Å². The van der Waals surface area contributed by atoms with Crippen LogP contribution >= 0.6 is 11.6 Å². The summed E-state index contributed by atoms with van der Waals surface area (Å²) in [6.07, 6.45) is 1.58. The summed E-state index contributed by atoms with van der Waals surface area (Å²) in [6, 6.07) is 3.01. The number of pyridine rings is 1. The lowest BCUT2D eigenvalue weighted by Gasteiger charge is -2.14. The molecule has 1 heterocycles. The van der Waals surface area contributed by atoms with Crippen molar-refractivity contribution in [2.24, 2.45) is 0 Å². The van der Waals surface area contributed by atoms with Crippen molar-refractivity contribution in [1.29, 1.82) is 0 Å². The molecule has 2 aromatic rings. The first kappa shape index (κ1) is 15.5. The molecule has 3 nitrogen and oxygen atoms in total. The molecule has 0 amide bonds. The summed E-state index contributed by atoms with van der Waals surface area (Å²) in [5, 5.41) is 3.21. The fraction of sp³-hybridized carbons (Fsp3) is 0.267. The maximum atomic E-state index is 14.1. The summed E-state index contributed by atoms with van der Waals surface area (Å²) in [5.74, 6) is -1.43. The smallest absolute Gasteiger partial charge is 0.191 e. The van der Waals surface area contributed by atoms with Crippen LogP contribution in [0.25, 0.3) is 0 Å². The molecular formula is C15H15ClF2N2O. The quantitative estimate of drug-likeness (QED) is 0.916. The molecular weight excluding hydrogens is 298 g/mol. The van der Waals surface area contributed by atoms with Crippen LogP contribution in [0.1, 0.15) is 16.8 Å². The Hall–Kier alpha value is -1.88. The number of hydrogen-bond donors (Lipinski definition) is 1. The number of benzene rings is 1. The van der Waals surface area contributed by atoms with Crippen LogP contribution in [-0.2, 0) is 6.54 Å². The van der Waals surface area contributed by atoms with E-state index >= 15 is 0 Å². The van der Waals surface area contributed by atoms with Gasteiger partial charge in [0.25, 0.3) is 0 Å². The molecule has 0 aliphatic heterocycles. The molecule has 0 bridgehead atoms. The van der Waals surface area contributed by atoms with Gasteiger partial charge < -0.3 is 10.1 Å². The molecule has 0 saturated heterocycles. The molecule has 112 valence electrons. The molecule has 0 radical (unpaired) electrons. The van der Waals surface area contributed by atoms with Gasteiger partial charge in [0.1, 0.15) is 5.69 Å². The molecule has 1 aromatic carbocycles. The summed E-state index contributed by atoms with van der Waals surface area (Å²) < 4.78 is 33.0. The van der Waals surface area contributed by atoms with Crippen molar-refractivity contribution < 1.29 is 13.5 Å². The van der Waals surface area contributed by atoms with Gasteiger partial charge >= 0.3 is 0 Å². The number of aryl methyl sites for hydroxylation is 2. The number of halogens is 3. The number of methoxy groups -OCH3 is 1. The molecule has 0 fully saturated rings. The van der Waals surface area contributed by atoms with E-state index in [2.05, 4.69) is 10.3 Å². The average molecular weight is 313 g/mol. The highest BCUT2D eigenvalue weighted by Gasteiger charge is 2.17. The van der Waals surface area contributed by atoms with E-state index in [1.54, 1.807) is 19.2 Å². The highest BCUT2D eigenvalue weighted by molar-refractivity contribution is 6.31. The standard InChI is InChI=1S/C15H15ClF2N2O/c1-8-4-12(21-3)14(18)15(13(8)17)20-7-10-6-19-9(2)5-11(10)16/h4-6,20H,7H2,1-3H3. The summed E-state index contributed by atoms with van der Waals surface area (Å²) >= 11 is 6.07. The Bertz CT molecular complexity index is 677. The Labute approximate surface area is 126 Å². The summed E-state index contributed by atoms with van der Waals surface area (Å²) in [5.41, 5.74) is 1.49. The first-order valence-electron chi connectivity index (χ1n) is 6.31. The van der Waals surface area contributed by atoms with Gasteiger partial charge in [-0.15, -0.1) is 0 Å². The fourth-order valence-electron chi connectivity index (χ4n) is 1.91. The van der Waals surface area contributed by atoms with Crippen molar-refractivity contribution in [2.45, 2.75) is 20.4 Å². The lowest BCUT2D eigenvalue weighted by molar-refractivity contribution is 0.384. The third-order valence-corrected chi connectivity index (χ3v) is 3.44. The van der Waals surface area contributed by atoms with Crippen LogP contribution in [0.5, 0.6) is 5.75 Å². The minimum absolute atomic E-state index is 0.00970. The van der Waals surface area contributed by atoms with Crippen molar-refractivity contribution in [3.63, 3.8) is 0 Å². The second kappa shape index (κ2) is 6.26. The maximum Gasteiger partial charge on any atom is 0.191 e. The Kier molecular flexibility index (Phi) is 4.63. The first-order valence-corrected chi connectivity index (χ1v) is 6.69. The summed E-state index contributed by atoms with van der Waals surface area (Å²) in [6.45, 7) is 3.52. The minimum atomic E-state index is -0.767. The molecule has 0 aliphatic rings. The van der Waals surface area contributed by atoms with Crippen LogP contribution in [0.3, 0.4) is 0 Å². The largest absolute Gasteiger partial charge is 0.494 e. The fourth-order valence-corrected chi connectivity index (χ4v) is 2.19. The monoisotopic (exact) mass is 312 g/mol. The van der Waals surface area contributed by atoms with Gasteiger partial charge in [-0.1, -0.05) is 11.6 Å². The van der Waals surface area contributed by atoms with Crippen LogP contribution in [0.4, 0.5) is 14.5 Å². The van der Waals surface area contributed by atoms with Gasteiger partial charge in [0.15, 0.2) is 17.4 Å². The zero-order chi connectivity index (χ0) is 15.6. The predicted molar refractivity (Wildman–Crippen MR) is 79.0 cm³/mol. The van der Waals surface area contributed by atoms with Crippen molar-refractivity contribution in [3.8, 4) is 5.75 Å². The number of hydrogen-bond acceptors (Lipinski definition) is 3. The van der Waals surface area contributed by atoms with Crippen LogP contribution in [0.2, 0.25) is 5.02 Å². The van der Waals surface area contributed by atoms with E-state index in [4.69, 9.17) is 16.3 Å². The van der Waals surface area contributed by atoms with E-state index < -0.39 is 11.6 Å². The van der Waals surface area contributed by atoms with Gasteiger partial charge in [0.05, 0.1) is 7.11 Å². The second-order valence-corrected chi connectivity index (χ2v) is 5.08. The van der Waals surface area contributed by atoms with E-state index in [-0.39, 0.29) is 18.0 Å². The lowest BCUT2D eigenvalue weighted by Crippen LogP contribution is -2.07. The van der Waals surface area contributed by atoms with Crippen molar-refractivity contribution in [3.05, 3.63) is 51.8 Å². The third kappa shape index (κ3) is 3.24. The van der Waals surface area contributed by atoms with Crippen LogP contribution < -0.4 is 10.1 Å². The second-order valence-electron chi connectivity index (χ2n) is 4.67. The topological polar surface area (TPSA) is 34.1 Å². The number of aromatic nitrogens is 1. The Morgan fingerprint density at radius 2 is 1.95 bits per heavy atom. The SMILES string of the molecule is COc1cc(C)c(F)c(NCc2cnc(C)cc2Cl)c1F. The number of rotatable bonds is 4. The molecule has 0 saturated carbocycles. The molecule has 1 N–H and O–H groups in total. The van der Waals surface area contributed by atoms with Crippen molar-refractivity contribution in [1.82, 2.24) is 4.98 Å². The van der Waals surface area contributed by atoms with E-state index in [0.717, 1.165) is 5.69 Å². The summed E-state index contributed by atoms with van der Waals surface area (Å²) in [7, 11) is 1.33. The Morgan fingerprint density at radius 3 is 2.57 bits per heavy atom. The van der Waals surface area contributed by atoms with E-state index in [9.17, 15) is 8.78 Å². The van der Waals surface area contributed by atoms with Crippen molar-refractivity contribution in [2.75, 3.05) is 12.4 Å². The lowest BCUT2D eigenvalue weighted by atomic mass is 10.1. The van der Waals surface area contributed by atoms with Crippen LogP contribution in [0, 0.1) is 25.5 Å². The molecule has 2 rings (SSSR count). The van der Waals surface area contributed by atoms with E-state index in [1.807, 2.05) is 6.92 Å². The Morgan fingerprint density at radius 1 is 1.24 bits per heavy atom. The third-order valence-electron chi connectivity index (χ3n) is 3.09. The normalized spacial score (nSPS) is 10.6. The minimum Gasteiger partial charge on any atom is -0.494 e. The van der Waals surface area contributed by atoms with Gasteiger partial charge in [0, 0.05) is 29.0 Å². The molecule has 0 spiro atoms. The predicted octanol–water partition coefficient (Wildman–Crippen LogP) is 4.25. The van der Waals surface area contributed by atoms with Gasteiger partial charge in [-0.05, 0) is 31.5 Å². The van der Waals surface area contributed by atoms with Gasteiger partial charge in [-0.25, -0.2) is 8.78 Å². The molecule has 0 aliphatic carbocycles. The first-order chi connectivity index (χ1) is 9.93. The molecule has 1 aromatic heterocycles. The molecule has 0 atom stereocenters. The van der Waals surface area contributed by atoms with Crippen LogP contribution in [0.15, 0.2) is 18.3 Å². The van der Waals surface area contributed by atoms with E-state index in [1.165, 1.54) is 13.2 Å². The van der Waals surface area contributed by atoms with Gasteiger partial charge in [0.2, 0.25) is 0 Å². The van der Waals surface area contributed by atoms with E-state index in [0.29, 0.717) is 16.1 Å². The Balaban J connectivity index is 2.29. The van der Waals surface area contributed by atoms with Gasteiger partial charge in [-0.2, -0.15) is 0 Å². The number of ether oxygens (including phenoxy) is 1. The highest BCUT2D eigenvalue weighted by atomic mass is 35.5. The molecule has 0 unspecified atom stereocenters. The number of nitrogens with zero attached hydrogens (tertiary/aromatic N) is 1.